The normalized spacial score (nSPS) is 19.4. The monoisotopic (exact) mass is 300 g/mol. The fourth-order valence-corrected chi connectivity index (χ4v) is 2.15. The van der Waals surface area contributed by atoms with Crippen LogP contribution in [0.15, 0.2) is 15.9 Å². The van der Waals surface area contributed by atoms with Crippen molar-refractivity contribution in [3.63, 3.8) is 0 Å². The van der Waals surface area contributed by atoms with E-state index >= 15 is 0 Å². The largest absolute Gasteiger partial charge is 0.391 e. The highest BCUT2D eigenvalue weighted by Gasteiger charge is 2.15. The molecular weight excluding hydrogens is 276 g/mol. The lowest BCUT2D eigenvalue weighted by molar-refractivity contribution is 0.0243. The van der Waals surface area contributed by atoms with Gasteiger partial charge in [-0.1, -0.05) is 0 Å². The van der Waals surface area contributed by atoms with Gasteiger partial charge in [0, 0.05) is 24.8 Å². The van der Waals surface area contributed by atoms with Crippen molar-refractivity contribution in [2.75, 3.05) is 0 Å². The molecule has 2 unspecified atom stereocenters. The van der Waals surface area contributed by atoms with Crippen molar-refractivity contribution < 1.29 is 15.7 Å². The molecule has 0 saturated carbocycles. The van der Waals surface area contributed by atoms with E-state index in [-0.39, 0.29) is 24.1 Å². The van der Waals surface area contributed by atoms with Crippen molar-refractivity contribution in [1.82, 2.24) is 18.7 Å². The molecule has 0 amide bonds. The second-order valence-corrected chi connectivity index (χ2v) is 4.82. The second kappa shape index (κ2) is 5.82. The highest BCUT2D eigenvalue weighted by atomic mass is 16.3. The Labute approximate surface area is 126 Å². The summed E-state index contributed by atoms with van der Waals surface area (Å²) in [7, 11) is 3.08. The Bertz CT molecular complexity index is 896. The molecule has 0 aliphatic heterocycles. The number of hydrogen-bond acceptors (Lipinski definition) is 5. The smallest absolute Gasteiger partial charge is 0.332 e. The maximum absolute atomic E-state index is 12.5. The first-order chi connectivity index (χ1) is 11.4. The molecule has 0 aromatic carbocycles. The van der Waals surface area contributed by atoms with Gasteiger partial charge in [-0.05, 0) is 19.7 Å². The van der Waals surface area contributed by atoms with E-state index in [2.05, 4.69) is 4.98 Å². The van der Waals surface area contributed by atoms with E-state index in [0.717, 1.165) is 4.57 Å². The van der Waals surface area contributed by atoms with Crippen LogP contribution in [0.1, 0.15) is 25.2 Å². The SMILES string of the molecule is [2H]C([2H])([2H])C(O)C([2H])(O)CCCn1c(=O)c2c(ncn2C)n(C)c1=O. The maximum Gasteiger partial charge on any atom is 0.332 e. The number of hydrogen-bond donors (Lipinski definition) is 2. The summed E-state index contributed by atoms with van der Waals surface area (Å²) in [6.07, 6.45) is -3.93. The van der Waals surface area contributed by atoms with E-state index in [1.54, 1.807) is 7.05 Å². The first kappa shape index (κ1) is 10.7. The van der Waals surface area contributed by atoms with Crippen LogP contribution in [0.25, 0.3) is 11.2 Å². The minimum atomic E-state index is -2.91. The average Bonchev–Trinajstić information content (AvgIpc) is 2.88. The van der Waals surface area contributed by atoms with Gasteiger partial charge in [-0.3, -0.25) is 13.9 Å². The zero-order valence-electron chi connectivity index (χ0n) is 15.8. The lowest BCUT2D eigenvalue weighted by Gasteiger charge is -2.13. The van der Waals surface area contributed by atoms with Crippen LogP contribution in [-0.2, 0) is 20.6 Å². The minimum Gasteiger partial charge on any atom is -0.391 e. The van der Waals surface area contributed by atoms with Gasteiger partial charge < -0.3 is 14.8 Å². The molecule has 2 heterocycles. The molecule has 2 aromatic rings. The molecule has 8 heteroatoms. The maximum atomic E-state index is 12.5. The summed E-state index contributed by atoms with van der Waals surface area (Å²) in [6, 6.07) is 0. The van der Waals surface area contributed by atoms with Gasteiger partial charge in [-0.15, -0.1) is 0 Å². The summed E-state index contributed by atoms with van der Waals surface area (Å²) in [5.41, 5.74) is -0.710. The number of aliphatic hydroxyl groups is 2. The van der Waals surface area contributed by atoms with Crippen LogP contribution in [0.5, 0.6) is 0 Å². The molecule has 21 heavy (non-hydrogen) atoms. The van der Waals surface area contributed by atoms with Gasteiger partial charge in [-0.25, -0.2) is 9.78 Å². The van der Waals surface area contributed by atoms with Gasteiger partial charge in [0.05, 0.1) is 19.9 Å². The quantitative estimate of drug-likeness (QED) is 0.734. The van der Waals surface area contributed by atoms with Crippen molar-refractivity contribution in [1.29, 1.82) is 0 Å². The topological polar surface area (TPSA) is 102 Å². The molecule has 2 aromatic heterocycles. The summed E-state index contributed by atoms with van der Waals surface area (Å²) in [5, 5.41) is 19.4. The molecule has 0 fully saturated rings. The fourth-order valence-electron chi connectivity index (χ4n) is 2.15. The summed E-state index contributed by atoms with van der Waals surface area (Å²) in [6.45, 7) is -3.04. The third-order valence-corrected chi connectivity index (χ3v) is 3.33. The van der Waals surface area contributed by atoms with Gasteiger partial charge in [0.1, 0.15) is 0 Å². The lowest BCUT2D eigenvalue weighted by Crippen LogP contribution is -2.39. The highest BCUT2D eigenvalue weighted by Crippen LogP contribution is 2.05. The molecular formula is C13H20N4O4. The molecule has 2 N–H and O–H groups in total. The van der Waals surface area contributed by atoms with Crippen molar-refractivity contribution in [2.24, 2.45) is 14.1 Å². The van der Waals surface area contributed by atoms with Crippen molar-refractivity contribution in [2.45, 2.75) is 38.4 Å². The predicted molar refractivity (Wildman–Crippen MR) is 77.1 cm³/mol. The number of rotatable bonds is 5. The van der Waals surface area contributed by atoms with Crippen molar-refractivity contribution in [3.8, 4) is 0 Å². The van der Waals surface area contributed by atoms with Gasteiger partial charge >= 0.3 is 5.69 Å². The lowest BCUT2D eigenvalue weighted by atomic mass is 10.1. The standard InChI is InChI=1S/C13H20N4O4/c1-8(18)9(19)5-4-6-17-12(20)10-11(14-7-15(10)2)16(3)13(17)21/h7-9,18-19H,4-6H2,1-3H3/i1D3,9D. The highest BCUT2D eigenvalue weighted by molar-refractivity contribution is 5.69. The molecule has 0 radical (unpaired) electrons. The Kier molecular flexibility index (Phi) is 2.98. The first-order valence-corrected chi connectivity index (χ1v) is 6.39. The first-order valence-electron chi connectivity index (χ1n) is 8.39. The molecule has 116 valence electrons. The number of aryl methyl sites for hydroxylation is 2. The Morgan fingerprint density at radius 1 is 1.43 bits per heavy atom. The number of nitrogens with zero attached hydrogens (tertiary/aromatic N) is 4. The molecule has 0 saturated heterocycles. The predicted octanol–water partition coefficient (Wildman–Crippen LogP) is -1.04. The van der Waals surface area contributed by atoms with Gasteiger partial charge in [0.2, 0.25) is 0 Å². The van der Waals surface area contributed by atoms with E-state index in [9.17, 15) is 19.8 Å². The molecule has 0 aliphatic rings. The Morgan fingerprint density at radius 2 is 2.14 bits per heavy atom. The molecule has 0 aliphatic carbocycles. The average molecular weight is 300 g/mol. The zero-order chi connectivity index (χ0) is 19.2. The van der Waals surface area contributed by atoms with Crippen molar-refractivity contribution in [3.05, 3.63) is 27.2 Å². The van der Waals surface area contributed by atoms with Crippen LogP contribution in [-0.4, -0.2) is 41.1 Å². The minimum absolute atomic E-state index is 0.0500. The van der Waals surface area contributed by atoms with E-state index in [4.69, 9.17) is 5.48 Å². The number of aromatic nitrogens is 4. The number of aliphatic hydroxyl groups excluding tert-OH is 1. The summed E-state index contributed by atoms with van der Waals surface area (Å²) in [5.74, 6) is 0. The summed E-state index contributed by atoms with van der Waals surface area (Å²) in [4.78, 5) is 28.8. The number of imidazole rings is 1. The second-order valence-electron chi connectivity index (χ2n) is 4.82. The molecule has 2 rings (SSSR count). The Balaban J connectivity index is 2.26. The fraction of sp³-hybridized carbons (Fsp3) is 0.615. The number of fused-ring (bicyclic) bond motifs is 1. The molecule has 0 bridgehead atoms. The zero-order valence-corrected chi connectivity index (χ0v) is 11.8. The Hall–Kier alpha value is -1.93. The van der Waals surface area contributed by atoms with Crippen molar-refractivity contribution >= 4 is 11.2 Å². The van der Waals surface area contributed by atoms with Crippen LogP contribution in [0.3, 0.4) is 0 Å². The van der Waals surface area contributed by atoms with Crippen LogP contribution < -0.4 is 11.2 Å². The van der Waals surface area contributed by atoms with Crippen LogP contribution in [0, 0.1) is 0 Å². The third kappa shape index (κ3) is 2.77. The summed E-state index contributed by atoms with van der Waals surface area (Å²) < 4.78 is 32.4. The molecule has 0 spiro atoms. The summed E-state index contributed by atoms with van der Waals surface area (Å²) >= 11 is 0. The Morgan fingerprint density at radius 3 is 2.81 bits per heavy atom. The van der Waals surface area contributed by atoms with E-state index < -0.39 is 36.7 Å². The van der Waals surface area contributed by atoms with Gasteiger partial charge in [0.15, 0.2) is 11.2 Å². The molecule has 8 nitrogen and oxygen atoms in total. The molecule has 2 atom stereocenters. The van der Waals surface area contributed by atoms with Crippen LogP contribution in [0.2, 0.25) is 0 Å². The van der Waals surface area contributed by atoms with Gasteiger partial charge in [0.25, 0.3) is 5.56 Å². The third-order valence-electron chi connectivity index (χ3n) is 3.33. The van der Waals surface area contributed by atoms with E-state index in [1.165, 1.54) is 22.5 Å². The van der Waals surface area contributed by atoms with Crippen LogP contribution in [0.4, 0.5) is 0 Å². The van der Waals surface area contributed by atoms with Crippen LogP contribution >= 0.6 is 0 Å². The van der Waals surface area contributed by atoms with E-state index in [1.807, 2.05) is 0 Å². The van der Waals surface area contributed by atoms with Gasteiger partial charge in [-0.2, -0.15) is 0 Å². The van der Waals surface area contributed by atoms with E-state index in [0.29, 0.717) is 0 Å².